The third-order valence-electron chi connectivity index (χ3n) is 2.64. The summed E-state index contributed by atoms with van der Waals surface area (Å²) in [5.41, 5.74) is 0.116. The molecule has 0 aliphatic rings. The Labute approximate surface area is 108 Å². The fourth-order valence-corrected chi connectivity index (χ4v) is 1.29. The summed E-state index contributed by atoms with van der Waals surface area (Å²) < 4.78 is 5.47. The zero-order chi connectivity index (χ0) is 13.6. The van der Waals surface area contributed by atoms with Crippen molar-refractivity contribution in [3.63, 3.8) is 0 Å². The third-order valence-corrected chi connectivity index (χ3v) is 2.64. The molecule has 0 bridgehead atoms. The number of nitrogens with one attached hydrogen (secondary N) is 1. The van der Waals surface area contributed by atoms with Gasteiger partial charge in [-0.3, -0.25) is 4.79 Å². The highest BCUT2D eigenvalue weighted by atomic mass is 16.5. The highest BCUT2D eigenvalue weighted by molar-refractivity contribution is 5.74. The van der Waals surface area contributed by atoms with Crippen LogP contribution in [0.2, 0.25) is 0 Å². The van der Waals surface area contributed by atoms with Crippen LogP contribution in [0.3, 0.4) is 0 Å². The molecule has 0 saturated carbocycles. The van der Waals surface area contributed by atoms with Crippen LogP contribution in [0.1, 0.15) is 27.2 Å². The number of anilines is 1. The lowest BCUT2D eigenvalue weighted by molar-refractivity contribution is -0.146. The van der Waals surface area contributed by atoms with Gasteiger partial charge in [-0.1, -0.05) is 6.92 Å². The summed E-state index contributed by atoms with van der Waals surface area (Å²) in [7, 11) is 0. The average Bonchev–Trinajstić information content (AvgIpc) is 2.35. The molecule has 0 unspecified atom stereocenters. The molecule has 0 saturated heterocycles. The summed E-state index contributed by atoms with van der Waals surface area (Å²) in [5, 5.41) is 12.1. The smallest absolute Gasteiger partial charge is 0.310 e. The number of hydrogen-bond acceptors (Lipinski definition) is 3. The molecule has 0 atom stereocenters. The van der Waals surface area contributed by atoms with E-state index in [-0.39, 0.29) is 0 Å². The van der Waals surface area contributed by atoms with Gasteiger partial charge in [-0.15, -0.1) is 0 Å². The van der Waals surface area contributed by atoms with Crippen LogP contribution in [0.5, 0.6) is 5.75 Å². The van der Waals surface area contributed by atoms with Gasteiger partial charge in [-0.2, -0.15) is 0 Å². The molecule has 1 aromatic rings. The molecule has 2 N–H and O–H groups in total. The van der Waals surface area contributed by atoms with Crippen molar-refractivity contribution in [2.24, 2.45) is 5.41 Å². The summed E-state index contributed by atoms with van der Waals surface area (Å²) in [4.78, 5) is 11.0. The van der Waals surface area contributed by atoms with Gasteiger partial charge in [0.2, 0.25) is 0 Å². The van der Waals surface area contributed by atoms with Gasteiger partial charge < -0.3 is 15.2 Å². The third kappa shape index (κ3) is 4.28. The number of rotatable bonds is 7. The van der Waals surface area contributed by atoms with E-state index in [4.69, 9.17) is 9.84 Å². The van der Waals surface area contributed by atoms with Crippen LogP contribution in [-0.4, -0.2) is 24.2 Å². The Morgan fingerprint density at radius 3 is 2.44 bits per heavy atom. The molecule has 0 aliphatic heterocycles. The molecule has 0 aromatic heterocycles. The van der Waals surface area contributed by atoms with E-state index in [1.165, 1.54) is 0 Å². The summed E-state index contributed by atoms with van der Waals surface area (Å²) in [6.45, 7) is 6.54. The lowest BCUT2D eigenvalue weighted by Gasteiger charge is -2.20. The lowest BCUT2D eigenvalue weighted by Crippen LogP contribution is -2.31. The van der Waals surface area contributed by atoms with Gasteiger partial charge >= 0.3 is 5.97 Å². The number of benzene rings is 1. The van der Waals surface area contributed by atoms with Crippen molar-refractivity contribution >= 4 is 11.7 Å². The first-order valence-electron chi connectivity index (χ1n) is 6.16. The molecule has 0 spiro atoms. The normalized spacial score (nSPS) is 11.1. The fraction of sp³-hybridized carbons (Fsp3) is 0.500. The molecule has 4 nitrogen and oxygen atoms in total. The van der Waals surface area contributed by atoms with Crippen molar-refractivity contribution in [2.75, 3.05) is 18.5 Å². The van der Waals surface area contributed by atoms with Crippen molar-refractivity contribution in [2.45, 2.75) is 27.2 Å². The highest BCUT2D eigenvalue weighted by Gasteiger charge is 2.26. The van der Waals surface area contributed by atoms with Gasteiger partial charge in [-0.05, 0) is 44.5 Å². The predicted molar refractivity (Wildman–Crippen MR) is 72.1 cm³/mol. The maximum absolute atomic E-state index is 11.0. The molecular weight excluding hydrogens is 230 g/mol. The van der Waals surface area contributed by atoms with Gasteiger partial charge in [-0.25, -0.2) is 0 Å². The summed E-state index contributed by atoms with van der Waals surface area (Å²) in [6, 6.07) is 7.55. The SMILES string of the molecule is CCCOc1ccc(NCC(C)(C)C(=O)O)cc1. The monoisotopic (exact) mass is 251 g/mol. The van der Waals surface area contributed by atoms with Gasteiger partial charge in [0.15, 0.2) is 0 Å². The Kier molecular flexibility index (Phi) is 5.01. The topological polar surface area (TPSA) is 58.6 Å². The standard InChI is InChI=1S/C14H21NO3/c1-4-9-18-12-7-5-11(6-8-12)15-10-14(2,3)13(16)17/h5-8,15H,4,9-10H2,1-3H3,(H,16,17). The number of aliphatic carboxylic acids is 1. The summed E-state index contributed by atoms with van der Waals surface area (Å²) >= 11 is 0. The van der Waals surface area contributed by atoms with E-state index in [0.29, 0.717) is 13.2 Å². The second-order valence-corrected chi connectivity index (χ2v) is 4.92. The van der Waals surface area contributed by atoms with E-state index in [0.717, 1.165) is 17.9 Å². The Balaban J connectivity index is 2.51. The van der Waals surface area contributed by atoms with Crippen LogP contribution in [0.25, 0.3) is 0 Å². The molecular formula is C14H21NO3. The molecule has 0 aliphatic carbocycles. The van der Waals surface area contributed by atoms with Crippen molar-refractivity contribution in [3.8, 4) is 5.75 Å². The highest BCUT2D eigenvalue weighted by Crippen LogP contribution is 2.19. The van der Waals surface area contributed by atoms with Crippen LogP contribution in [-0.2, 0) is 4.79 Å². The zero-order valence-electron chi connectivity index (χ0n) is 11.2. The molecule has 1 aromatic carbocycles. The maximum atomic E-state index is 11.0. The molecule has 100 valence electrons. The Morgan fingerprint density at radius 1 is 1.33 bits per heavy atom. The Bertz CT molecular complexity index is 385. The predicted octanol–water partition coefficient (Wildman–Crippen LogP) is 3.00. The minimum atomic E-state index is -0.808. The minimum Gasteiger partial charge on any atom is -0.494 e. The zero-order valence-corrected chi connectivity index (χ0v) is 11.2. The van der Waals surface area contributed by atoms with Crippen molar-refractivity contribution in [1.29, 1.82) is 0 Å². The quantitative estimate of drug-likeness (QED) is 0.782. The molecule has 0 amide bonds. The van der Waals surface area contributed by atoms with E-state index in [9.17, 15) is 4.79 Å². The largest absolute Gasteiger partial charge is 0.494 e. The van der Waals surface area contributed by atoms with E-state index in [1.54, 1.807) is 13.8 Å². The summed E-state index contributed by atoms with van der Waals surface area (Å²) in [5.74, 6) is 0.0257. The Hall–Kier alpha value is -1.71. The van der Waals surface area contributed by atoms with Crippen molar-refractivity contribution in [3.05, 3.63) is 24.3 Å². The van der Waals surface area contributed by atoms with E-state index < -0.39 is 11.4 Å². The second-order valence-electron chi connectivity index (χ2n) is 4.92. The number of carbonyl (C=O) groups is 1. The Morgan fingerprint density at radius 2 is 1.94 bits per heavy atom. The van der Waals surface area contributed by atoms with Crippen LogP contribution in [0.4, 0.5) is 5.69 Å². The average molecular weight is 251 g/mol. The number of carboxylic acids is 1. The molecule has 0 heterocycles. The van der Waals surface area contributed by atoms with E-state index >= 15 is 0 Å². The first kappa shape index (κ1) is 14.4. The van der Waals surface area contributed by atoms with Gasteiger partial charge in [0.1, 0.15) is 5.75 Å². The van der Waals surface area contributed by atoms with Crippen LogP contribution in [0, 0.1) is 5.41 Å². The van der Waals surface area contributed by atoms with Crippen LogP contribution < -0.4 is 10.1 Å². The number of carboxylic acid groups (broad SMARTS) is 1. The first-order chi connectivity index (χ1) is 8.45. The van der Waals surface area contributed by atoms with Crippen molar-refractivity contribution < 1.29 is 14.6 Å². The minimum absolute atomic E-state index is 0.386. The molecule has 0 fully saturated rings. The van der Waals surface area contributed by atoms with Crippen LogP contribution in [0.15, 0.2) is 24.3 Å². The summed E-state index contributed by atoms with van der Waals surface area (Å²) in [6.07, 6.45) is 0.979. The molecule has 4 heteroatoms. The van der Waals surface area contributed by atoms with Crippen molar-refractivity contribution in [1.82, 2.24) is 0 Å². The number of hydrogen-bond donors (Lipinski definition) is 2. The second kappa shape index (κ2) is 6.28. The van der Waals surface area contributed by atoms with Gasteiger partial charge in [0.25, 0.3) is 0 Å². The van der Waals surface area contributed by atoms with Gasteiger partial charge in [0, 0.05) is 12.2 Å². The van der Waals surface area contributed by atoms with Gasteiger partial charge in [0.05, 0.1) is 12.0 Å². The first-order valence-corrected chi connectivity index (χ1v) is 6.16. The number of ether oxygens (including phenoxy) is 1. The maximum Gasteiger partial charge on any atom is 0.310 e. The fourth-order valence-electron chi connectivity index (χ4n) is 1.29. The lowest BCUT2D eigenvalue weighted by atomic mass is 9.94. The van der Waals surface area contributed by atoms with E-state index in [2.05, 4.69) is 12.2 Å². The van der Waals surface area contributed by atoms with E-state index in [1.807, 2.05) is 24.3 Å². The molecule has 18 heavy (non-hydrogen) atoms. The van der Waals surface area contributed by atoms with Crippen LogP contribution >= 0.6 is 0 Å². The molecule has 1 rings (SSSR count). The molecule has 0 radical (unpaired) electrons.